The molecule has 0 bridgehead atoms. The molecule has 0 atom stereocenters. The summed E-state index contributed by atoms with van der Waals surface area (Å²) in [4.78, 5) is 9.59. The fraction of sp³-hybridized carbons (Fsp3) is 0.200. The zero-order valence-electron chi connectivity index (χ0n) is 7.43. The number of benzene rings is 1. The number of nitrogens with zero attached hydrogens (tertiary/aromatic N) is 1. The first-order chi connectivity index (χ1) is 6.22. The van der Waals surface area contributed by atoms with Gasteiger partial charge < -0.3 is 0 Å². The highest BCUT2D eigenvalue weighted by molar-refractivity contribution is 5.27. The third-order valence-electron chi connectivity index (χ3n) is 1.17. The molecule has 1 aromatic carbocycles. The first-order valence-electron chi connectivity index (χ1n) is 3.85. The summed E-state index contributed by atoms with van der Waals surface area (Å²) < 4.78 is 0. The monoisotopic (exact) mass is 177 g/mol. The van der Waals surface area contributed by atoms with Gasteiger partial charge in [-0.15, -0.1) is 12.3 Å². The van der Waals surface area contributed by atoms with Crippen molar-refractivity contribution in [2.75, 3.05) is 0 Å². The first-order valence-corrected chi connectivity index (χ1v) is 3.85. The molecular weight excluding hydrogens is 166 g/mol. The van der Waals surface area contributed by atoms with E-state index in [0.29, 0.717) is 0 Å². The summed E-state index contributed by atoms with van der Waals surface area (Å²) in [5, 5.41) is 10.0. The minimum absolute atomic E-state index is 0.137. The molecule has 3 nitrogen and oxygen atoms in total. The Kier molecular flexibility index (Phi) is 5.90. The van der Waals surface area contributed by atoms with Crippen molar-refractivity contribution in [3.63, 3.8) is 0 Å². The van der Waals surface area contributed by atoms with Gasteiger partial charge in [-0.1, -0.05) is 25.1 Å². The molecule has 0 N–H and O–H groups in total. The van der Waals surface area contributed by atoms with Gasteiger partial charge in [0, 0.05) is 18.6 Å². The van der Waals surface area contributed by atoms with E-state index in [0.717, 1.165) is 6.42 Å². The van der Waals surface area contributed by atoms with Crippen molar-refractivity contribution < 1.29 is 4.92 Å². The van der Waals surface area contributed by atoms with E-state index in [1.807, 2.05) is 6.92 Å². The molecule has 0 amide bonds. The van der Waals surface area contributed by atoms with Crippen LogP contribution in [-0.2, 0) is 0 Å². The van der Waals surface area contributed by atoms with Crippen molar-refractivity contribution in [2.45, 2.75) is 13.3 Å². The van der Waals surface area contributed by atoms with Crippen LogP contribution in [0.25, 0.3) is 0 Å². The maximum absolute atomic E-state index is 10.0. The van der Waals surface area contributed by atoms with Gasteiger partial charge in [-0.3, -0.25) is 10.1 Å². The van der Waals surface area contributed by atoms with E-state index < -0.39 is 4.92 Å². The third kappa shape index (κ3) is 5.45. The number of hydrogen-bond acceptors (Lipinski definition) is 2. The Morgan fingerprint density at radius 3 is 2.15 bits per heavy atom. The Balaban J connectivity index is 0.000000310. The summed E-state index contributed by atoms with van der Waals surface area (Å²) >= 11 is 0. The molecule has 0 fully saturated rings. The third-order valence-corrected chi connectivity index (χ3v) is 1.17. The van der Waals surface area contributed by atoms with Crippen LogP contribution < -0.4 is 0 Å². The molecule has 3 heteroatoms. The average molecular weight is 177 g/mol. The van der Waals surface area contributed by atoms with Gasteiger partial charge in [-0.25, -0.2) is 0 Å². The zero-order valence-corrected chi connectivity index (χ0v) is 7.43. The number of rotatable bonds is 1. The molecule has 1 rings (SSSR count). The number of para-hydroxylation sites is 1. The second kappa shape index (κ2) is 6.86. The van der Waals surface area contributed by atoms with Crippen molar-refractivity contribution in [3.05, 3.63) is 40.4 Å². The number of terminal acetylenes is 1. The van der Waals surface area contributed by atoms with E-state index in [-0.39, 0.29) is 5.69 Å². The van der Waals surface area contributed by atoms with Crippen LogP contribution in [0.15, 0.2) is 30.3 Å². The van der Waals surface area contributed by atoms with Gasteiger partial charge >= 0.3 is 0 Å². The molecule has 0 saturated heterocycles. The first kappa shape index (κ1) is 11.2. The van der Waals surface area contributed by atoms with Crippen molar-refractivity contribution in [2.24, 2.45) is 0 Å². The Morgan fingerprint density at radius 1 is 1.46 bits per heavy atom. The summed E-state index contributed by atoms with van der Waals surface area (Å²) in [6.45, 7) is 1.94. The van der Waals surface area contributed by atoms with Gasteiger partial charge in [0.05, 0.1) is 4.92 Å². The van der Waals surface area contributed by atoms with E-state index in [2.05, 4.69) is 5.92 Å². The molecule has 13 heavy (non-hydrogen) atoms. The van der Waals surface area contributed by atoms with Crippen LogP contribution in [0.3, 0.4) is 0 Å². The standard InChI is InChI=1S/C6H5NO2.C4H6/c8-7(9)6-4-2-1-3-5-6;1-3-4-2/h1-5H;1H,4H2,2H3. The lowest BCUT2D eigenvalue weighted by Crippen LogP contribution is -1.84. The molecule has 0 aliphatic carbocycles. The maximum Gasteiger partial charge on any atom is 0.269 e. The van der Waals surface area contributed by atoms with Crippen LogP contribution in [0.1, 0.15) is 13.3 Å². The predicted octanol–water partition coefficient (Wildman–Crippen LogP) is 2.62. The lowest BCUT2D eigenvalue weighted by atomic mass is 10.3. The van der Waals surface area contributed by atoms with E-state index in [4.69, 9.17) is 6.42 Å². The number of nitro groups is 1. The Hall–Kier alpha value is -1.82. The van der Waals surface area contributed by atoms with Crippen molar-refractivity contribution in [1.29, 1.82) is 0 Å². The van der Waals surface area contributed by atoms with E-state index in [9.17, 15) is 10.1 Å². The summed E-state index contributed by atoms with van der Waals surface area (Å²) in [5.41, 5.74) is 0.137. The SMILES string of the molecule is C#CCC.O=[N+]([O-])c1ccccc1. The molecule has 0 saturated carbocycles. The van der Waals surface area contributed by atoms with Gasteiger partial charge in [-0.2, -0.15) is 0 Å². The minimum atomic E-state index is -0.417. The van der Waals surface area contributed by atoms with Gasteiger partial charge in [0.1, 0.15) is 0 Å². The molecule has 0 unspecified atom stereocenters. The highest BCUT2D eigenvalue weighted by atomic mass is 16.6. The Morgan fingerprint density at radius 2 is 1.92 bits per heavy atom. The molecule has 1 aromatic rings. The molecule has 68 valence electrons. The average Bonchev–Trinajstić information content (AvgIpc) is 2.19. The van der Waals surface area contributed by atoms with Crippen LogP contribution in [0.4, 0.5) is 5.69 Å². The fourth-order valence-corrected chi connectivity index (χ4v) is 0.550. The normalized spacial score (nSPS) is 7.69. The summed E-state index contributed by atoms with van der Waals surface area (Å²) in [6.07, 6.45) is 5.62. The van der Waals surface area contributed by atoms with Crippen LogP contribution in [0, 0.1) is 22.5 Å². The topological polar surface area (TPSA) is 43.1 Å². The zero-order chi connectivity index (χ0) is 10.1. The number of nitro benzene ring substituents is 1. The molecular formula is C10H11NO2. The van der Waals surface area contributed by atoms with Gasteiger partial charge in [0.25, 0.3) is 5.69 Å². The number of hydrogen-bond donors (Lipinski definition) is 0. The molecule has 0 heterocycles. The highest BCUT2D eigenvalue weighted by Crippen LogP contribution is 2.06. The molecule has 0 radical (unpaired) electrons. The summed E-state index contributed by atoms with van der Waals surface area (Å²) in [7, 11) is 0. The van der Waals surface area contributed by atoms with E-state index >= 15 is 0 Å². The lowest BCUT2D eigenvalue weighted by Gasteiger charge is -1.85. The minimum Gasteiger partial charge on any atom is -0.258 e. The molecule has 0 spiro atoms. The van der Waals surface area contributed by atoms with Gasteiger partial charge in [-0.05, 0) is 0 Å². The smallest absolute Gasteiger partial charge is 0.258 e. The van der Waals surface area contributed by atoms with Crippen molar-refractivity contribution in [1.82, 2.24) is 0 Å². The highest BCUT2D eigenvalue weighted by Gasteiger charge is 1.98. The molecule has 0 aromatic heterocycles. The largest absolute Gasteiger partial charge is 0.269 e. The van der Waals surface area contributed by atoms with Crippen LogP contribution in [0.2, 0.25) is 0 Å². The molecule has 0 aliphatic rings. The second-order valence-electron chi connectivity index (χ2n) is 2.15. The van der Waals surface area contributed by atoms with Gasteiger partial charge in [0.15, 0.2) is 0 Å². The van der Waals surface area contributed by atoms with Crippen molar-refractivity contribution >= 4 is 5.69 Å². The van der Waals surface area contributed by atoms with E-state index in [1.165, 1.54) is 12.1 Å². The Bertz CT molecular complexity index is 288. The van der Waals surface area contributed by atoms with Crippen LogP contribution in [0.5, 0.6) is 0 Å². The van der Waals surface area contributed by atoms with Crippen molar-refractivity contribution in [3.8, 4) is 12.3 Å². The number of non-ortho nitro benzene ring substituents is 1. The van der Waals surface area contributed by atoms with Gasteiger partial charge in [0.2, 0.25) is 0 Å². The fourth-order valence-electron chi connectivity index (χ4n) is 0.550. The van der Waals surface area contributed by atoms with Crippen LogP contribution >= 0.6 is 0 Å². The maximum atomic E-state index is 10.0. The summed E-state index contributed by atoms with van der Waals surface area (Å²) in [5.74, 6) is 2.43. The molecule has 0 aliphatic heterocycles. The summed E-state index contributed by atoms with van der Waals surface area (Å²) in [6, 6.07) is 7.93. The van der Waals surface area contributed by atoms with Crippen LogP contribution in [-0.4, -0.2) is 4.92 Å². The second-order valence-corrected chi connectivity index (χ2v) is 2.15. The van der Waals surface area contributed by atoms with E-state index in [1.54, 1.807) is 18.2 Å². The predicted molar refractivity (Wildman–Crippen MR) is 52.2 cm³/mol. The quantitative estimate of drug-likeness (QED) is 0.376. The Labute approximate surface area is 77.5 Å². The lowest BCUT2D eigenvalue weighted by molar-refractivity contribution is -0.384.